The summed E-state index contributed by atoms with van der Waals surface area (Å²) in [5, 5.41) is 3.91. The Morgan fingerprint density at radius 3 is 2.90 bits per heavy atom. The van der Waals surface area contributed by atoms with Gasteiger partial charge in [0.05, 0.1) is 5.69 Å². The lowest BCUT2D eigenvalue weighted by atomic mass is 10.1. The van der Waals surface area contributed by atoms with E-state index in [9.17, 15) is 4.39 Å². The molecule has 0 saturated heterocycles. The third-order valence-electron chi connectivity index (χ3n) is 3.13. The molecule has 0 fully saturated rings. The van der Waals surface area contributed by atoms with Gasteiger partial charge in [-0.1, -0.05) is 0 Å². The van der Waals surface area contributed by atoms with Crippen LogP contribution in [0, 0.1) is 5.82 Å². The number of halogens is 2. The smallest absolute Gasteiger partial charge is 0.134 e. The molecule has 0 spiro atoms. The summed E-state index contributed by atoms with van der Waals surface area (Å²) in [6.07, 6.45) is 1.73. The van der Waals surface area contributed by atoms with Crippen molar-refractivity contribution in [3.05, 3.63) is 64.3 Å². The molecule has 1 aromatic carbocycles. The highest BCUT2D eigenvalue weighted by Gasteiger charge is 2.20. The minimum atomic E-state index is -0.273. The van der Waals surface area contributed by atoms with Crippen LogP contribution in [0.3, 0.4) is 0 Å². The molecule has 1 atom stereocenters. The lowest BCUT2D eigenvalue weighted by molar-refractivity contribution is 0.484. The lowest BCUT2D eigenvalue weighted by Gasteiger charge is -2.14. The Balaban J connectivity index is 2.10. The fraction of sp³-hybridized carbons (Fsp3) is 0.133. The molecule has 0 saturated carbocycles. The number of nitrogens with one attached hydrogen (secondary N) is 1. The second-order valence-electron chi connectivity index (χ2n) is 4.42. The van der Waals surface area contributed by atoms with Gasteiger partial charge in [0, 0.05) is 16.1 Å². The van der Waals surface area contributed by atoms with Crippen LogP contribution in [0.5, 0.6) is 0 Å². The fourth-order valence-corrected chi connectivity index (χ4v) is 2.68. The van der Waals surface area contributed by atoms with E-state index in [4.69, 9.17) is 4.42 Å². The van der Waals surface area contributed by atoms with Crippen molar-refractivity contribution in [2.75, 3.05) is 7.05 Å². The van der Waals surface area contributed by atoms with Crippen LogP contribution < -0.4 is 5.32 Å². The van der Waals surface area contributed by atoms with Gasteiger partial charge in [-0.2, -0.15) is 0 Å². The van der Waals surface area contributed by atoms with Gasteiger partial charge in [0.1, 0.15) is 23.2 Å². The monoisotopic (exact) mass is 334 g/mol. The molecule has 0 aliphatic rings. The molecule has 1 unspecified atom stereocenters. The topological polar surface area (TPSA) is 38.1 Å². The van der Waals surface area contributed by atoms with Gasteiger partial charge in [-0.25, -0.2) is 4.39 Å². The first kappa shape index (κ1) is 13.3. The first-order valence-corrected chi connectivity index (χ1v) is 6.95. The van der Waals surface area contributed by atoms with Crippen molar-refractivity contribution < 1.29 is 8.81 Å². The van der Waals surface area contributed by atoms with E-state index in [1.54, 1.807) is 12.3 Å². The van der Waals surface area contributed by atoms with E-state index in [0.717, 1.165) is 15.6 Å². The van der Waals surface area contributed by atoms with Gasteiger partial charge in [-0.05, 0) is 59.4 Å². The predicted molar refractivity (Wildman–Crippen MR) is 79.0 cm³/mol. The zero-order chi connectivity index (χ0) is 14.1. The van der Waals surface area contributed by atoms with Crippen LogP contribution in [0.4, 0.5) is 4.39 Å². The van der Waals surface area contributed by atoms with Crippen LogP contribution in [0.1, 0.15) is 17.5 Å². The van der Waals surface area contributed by atoms with Crippen LogP contribution in [0.15, 0.2) is 51.5 Å². The van der Waals surface area contributed by atoms with Crippen LogP contribution in [0.2, 0.25) is 0 Å². The average molecular weight is 335 g/mol. The minimum absolute atomic E-state index is 0.193. The molecule has 102 valence electrons. The molecular weight excluding hydrogens is 323 g/mol. The third-order valence-corrected chi connectivity index (χ3v) is 3.80. The second-order valence-corrected chi connectivity index (χ2v) is 5.28. The highest BCUT2D eigenvalue weighted by molar-refractivity contribution is 9.10. The molecule has 2 heterocycles. The molecule has 0 amide bonds. The average Bonchev–Trinajstić information content (AvgIpc) is 2.84. The summed E-state index contributed by atoms with van der Waals surface area (Å²) in [4.78, 5) is 4.37. The molecule has 0 bridgehead atoms. The lowest BCUT2D eigenvalue weighted by Crippen LogP contribution is -2.18. The summed E-state index contributed by atoms with van der Waals surface area (Å²) < 4.78 is 19.9. The largest absolute Gasteiger partial charge is 0.459 e. The van der Waals surface area contributed by atoms with Crippen molar-refractivity contribution in [1.82, 2.24) is 10.3 Å². The Labute approximate surface area is 123 Å². The summed E-state index contributed by atoms with van der Waals surface area (Å²) >= 11 is 3.49. The van der Waals surface area contributed by atoms with E-state index in [2.05, 4.69) is 26.2 Å². The highest BCUT2D eigenvalue weighted by atomic mass is 79.9. The Hall–Kier alpha value is -1.72. The van der Waals surface area contributed by atoms with E-state index in [1.807, 2.05) is 25.2 Å². The number of pyridine rings is 1. The van der Waals surface area contributed by atoms with Gasteiger partial charge in [0.25, 0.3) is 0 Å². The first-order valence-electron chi connectivity index (χ1n) is 6.15. The highest BCUT2D eigenvalue weighted by Crippen LogP contribution is 2.30. The number of fused-ring (bicyclic) bond motifs is 1. The van der Waals surface area contributed by atoms with E-state index in [-0.39, 0.29) is 11.9 Å². The standard InChI is InChI=1S/C15H12BrFN2O/c1-18-15(14-11(16)3-2-6-19-14)13-8-9-7-10(17)4-5-12(9)20-13/h2-8,15,18H,1H3. The Morgan fingerprint density at radius 2 is 2.15 bits per heavy atom. The van der Waals surface area contributed by atoms with E-state index in [0.29, 0.717) is 11.3 Å². The van der Waals surface area contributed by atoms with Crippen molar-refractivity contribution in [3.63, 3.8) is 0 Å². The number of benzene rings is 1. The molecule has 3 nitrogen and oxygen atoms in total. The molecule has 1 N–H and O–H groups in total. The first-order chi connectivity index (χ1) is 9.69. The van der Waals surface area contributed by atoms with Crippen LogP contribution >= 0.6 is 15.9 Å². The normalized spacial score (nSPS) is 12.8. The summed E-state index contributed by atoms with van der Waals surface area (Å²) in [5.41, 5.74) is 1.49. The molecule has 0 aliphatic heterocycles. The van der Waals surface area contributed by atoms with E-state index in [1.165, 1.54) is 12.1 Å². The van der Waals surface area contributed by atoms with Gasteiger partial charge in [0.2, 0.25) is 0 Å². The summed E-state index contributed by atoms with van der Waals surface area (Å²) in [6, 6.07) is 9.91. The Morgan fingerprint density at radius 1 is 1.30 bits per heavy atom. The summed E-state index contributed by atoms with van der Waals surface area (Å²) in [5.74, 6) is 0.428. The van der Waals surface area contributed by atoms with Gasteiger partial charge in [0.15, 0.2) is 0 Å². The molecule has 2 aromatic heterocycles. The van der Waals surface area contributed by atoms with Crippen LogP contribution in [0.25, 0.3) is 11.0 Å². The van der Waals surface area contributed by atoms with Crippen molar-refractivity contribution >= 4 is 26.9 Å². The van der Waals surface area contributed by atoms with Gasteiger partial charge < -0.3 is 9.73 Å². The van der Waals surface area contributed by atoms with Gasteiger partial charge in [-0.15, -0.1) is 0 Å². The van der Waals surface area contributed by atoms with Gasteiger partial charge in [-0.3, -0.25) is 4.98 Å². The van der Waals surface area contributed by atoms with Crippen molar-refractivity contribution in [3.8, 4) is 0 Å². The third kappa shape index (κ3) is 2.34. The number of aromatic nitrogens is 1. The van der Waals surface area contributed by atoms with Gasteiger partial charge >= 0.3 is 0 Å². The van der Waals surface area contributed by atoms with E-state index < -0.39 is 0 Å². The quantitative estimate of drug-likeness (QED) is 0.785. The Kier molecular flexibility index (Phi) is 3.54. The maximum Gasteiger partial charge on any atom is 0.134 e. The Bertz CT molecular complexity index is 756. The molecular formula is C15H12BrFN2O. The van der Waals surface area contributed by atoms with Crippen molar-refractivity contribution in [2.24, 2.45) is 0 Å². The maximum absolute atomic E-state index is 13.2. The molecule has 3 aromatic rings. The summed E-state index contributed by atoms with van der Waals surface area (Å²) in [6.45, 7) is 0. The zero-order valence-corrected chi connectivity index (χ0v) is 12.3. The zero-order valence-electron chi connectivity index (χ0n) is 10.7. The van der Waals surface area contributed by atoms with Crippen LogP contribution in [-0.2, 0) is 0 Å². The summed E-state index contributed by atoms with van der Waals surface area (Å²) in [7, 11) is 1.83. The fourth-order valence-electron chi connectivity index (χ4n) is 2.20. The maximum atomic E-state index is 13.2. The molecule has 5 heteroatoms. The number of hydrogen-bond acceptors (Lipinski definition) is 3. The molecule has 3 rings (SSSR count). The number of hydrogen-bond donors (Lipinski definition) is 1. The van der Waals surface area contributed by atoms with Crippen LogP contribution in [-0.4, -0.2) is 12.0 Å². The van der Waals surface area contributed by atoms with Crippen molar-refractivity contribution in [2.45, 2.75) is 6.04 Å². The number of rotatable bonds is 3. The van der Waals surface area contributed by atoms with E-state index >= 15 is 0 Å². The number of furan rings is 1. The minimum Gasteiger partial charge on any atom is -0.459 e. The predicted octanol–water partition coefficient (Wildman–Crippen LogP) is 4.04. The molecule has 0 radical (unpaired) electrons. The molecule has 0 aliphatic carbocycles. The second kappa shape index (κ2) is 5.34. The SMILES string of the molecule is CNC(c1cc2cc(F)ccc2o1)c1ncccc1Br. The van der Waals surface area contributed by atoms with Crippen molar-refractivity contribution in [1.29, 1.82) is 0 Å². The number of nitrogens with zero attached hydrogens (tertiary/aromatic N) is 1. The molecule has 20 heavy (non-hydrogen) atoms.